The van der Waals surface area contributed by atoms with Crippen LogP contribution in [0, 0.1) is 11.3 Å². The van der Waals surface area contributed by atoms with Crippen molar-refractivity contribution in [1.82, 2.24) is 4.90 Å². The molecule has 1 amide bonds. The van der Waals surface area contributed by atoms with E-state index < -0.39 is 0 Å². The van der Waals surface area contributed by atoms with Gasteiger partial charge >= 0.3 is 0 Å². The maximum Gasteiger partial charge on any atom is 0.254 e. The van der Waals surface area contributed by atoms with Gasteiger partial charge in [0.05, 0.1) is 0 Å². The SMILES string of the molecule is CC1(C)CC2CC(C1)N(C(=O)c1ccc(Oc3ccccc3)cc1)C2. The van der Waals surface area contributed by atoms with Gasteiger partial charge in [-0.3, -0.25) is 4.79 Å². The van der Waals surface area contributed by atoms with Crippen LogP contribution in [0.4, 0.5) is 0 Å². The molecule has 1 aliphatic heterocycles. The van der Waals surface area contributed by atoms with E-state index in [1.165, 1.54) is 12.8 Å². The lowest BCUT2D eigenvalue weighted by molar-refractivity contribution is 0.0709. The van der Waals surface area contributed by atoms with E-state index in [0.717, 1.165) is 30.0 Å². The Bertz CT molecular complexity index is 751. The highest BCUT2D eigenvalue weighted by molar-refractivity contribution is 5.94. The first-order valence-corrected chi connectivity index (χ1v) is 9.14. The van der Waals surface area contributed by atoms with E-state index in [1.54, 1.807) is 0 Å². The lowest BCUT2D eigenvalue weighted by atomic mass is 9.72. The number of ether oxygens (including phenoxy) is 1. The third kappa shape index (κ3) is 3.41. The van der Waals surface area contributed by atoms with Gasteiger partial charge in [0, 0.05) is 18.2 Å². The highest BCUT2D eigenvalue weighted by atomic mass is 16.5. The first kappa shape index (κ1) is 16.2. The molecule has 0 aromatic heterocycles. The molecule has 2 bridgehead atoms. The van der Waals surface area contributed by atoms with Crippen molar-refractivity contribution in [3.05, 3.63) is 60.2 Å². The van der Waals surface area contributed by atoms with Crippen molar-refractivity contribution in [2.75, 3.05) is 6.54 Å². The summed E-state index contributed by atoms with van der Waals surface area (Å²) in [6.45, 7) is 5.57. The van der Waals surface area contributed by atoms with Gasteiger partial charge in [0.15, 0.2) is 0 Å². The smallest absolute Gasteiger partial charge is 0.254 e. The number of likely N-dealkylation sites (tertiary alicyclic amines) is 1. The molecule has 2 fully saturated rings. The summed E-state index contributed by atoms with van der Waals surface area (Å²) in [4.78, 5) is 15.1. The molecule has 1 saturated carbocycles. The summed E-state index contributed by atoms with van der Waals surface area (Å²) in [5, 5.41) is 0. The molecule has 3 heteroatoms. The van der Waals surface area contributed by atoms with Gasteiger partial charge in [0.25, 0.3) is 5.91 Å². The molecule has 0 N–H and O–H groups in total. The summed E-state index contributed by atoms with van der Waals surface area (Å²) >= 11 is 0. The van der Waals surface area contributed by atoms with Crippen LogP contribution in [0.3, 0.4) is 0 Å². The summed E-state index contributed by atoms with van der Waals surface area (Å²) in [6, 6.07) is 17.6. The third-order valence-corrected chi connectivity index (χ3v) is 5.47. The van der Waals surface area contributed by atoms with Crippen molar-refractivity contribution >= 4 is 5.91 Å². The summed E-state index contributed by atoms with van der Waals surface area (Å²) in [7, 11) is 0. The van der Waals surface area contributed by atoms with E-state index in [9.17, 15) is 4.79 Å². The van der Waals surface area contributed by atoms with Crippen LogP contribution < -0.4 is 4.74 Å². The van der Waals surface area contributed by atoms with Crippen molar-refractivity contribution in [3.63, 3.8) is 0 Å². The molecule has 0 spiro atoms. The van der Waals surface area contributed by atoms with Gasteiger partial charge in [-0.05, 0) is 67.0 Å². The van der Waals surface area contributed by atoms with Gasteiger partial charge in [-0.25, -0.2) is 0 Å². The van der Waals surface area contributed by atoms with Gasteiger partial charge in [-0.15, -0.1) is 0 Å². The molecule has 2 aromatic rings. The van der Waals surface area contributed by atoms with E-state index in [1.807, 2.05) is 54.6 Å². The number of hydrogen-bond donors (Lipinski definition) is 0. The summed E-state index contributed by atoms with van der Waals surface area (Å²) in [6.07, 6.45) is 3.52. The van der Waals surface area contributed by atoms with Crippen LogP contribution in [0.25, 0.3) is 0 Å². The van der Waals surface area contributed by atoms with Crippen LogP contribution in [0.2, 0.25) is 0 Å². The van der Waals surface area contributed by atoms with Gasteiger partial charge in [-0.1, -0.05) is 32.0 Å². The Hall–Kier alpha value is -2.29. The van der Waals surface area contributed by atoms with Crippen molar-refractivity contribution in [2.45, 2.75) is 39.2 Å². The average molecular weight is 335 g/mol. The van der Waals surface area contributed by atoms with Crippen LogP contribution in [0.15, 0.2) is 54.6 Å². The molecule has 2 unspecified atom stereocenters. The van der Waals surface area contributed by atoms with E-state index >= 15 is 0 Å². The lowest BCUT2D eigenvalue weighted by Gasteiger charge is -2.35. The molecule has 2 aliphatic rings. The molecule has 2 atom stereocenters. The molecule has 2 aromatic carbocycles. The number of carbonyl (C=O) groups is 1. The van der Waals surface area contributed by atoms with Crippen molar-refractivity contribution in [1.29, 1.82) is 0 Å². The summed E-state index contributed by atoms with van der Waals surface area (Å²) in [5.74, 6) is 2.39. The Balaban J connectivity index is 1.46. The standard InChI is InChI=1S/C22H25NO2/c1-22(2)13-16-12-18(14-22)23(15-16)21(24)17-8-10-20(11-9-17)25-19-6-4-3-5-7-19/h3-11,16,18H,12-15H2,1-2H3. The molecule has 130 valence electrons. The van der Waals surface area contributed by atoms with Crippen LogP contribution in [0.5, 0.6) is 11.5 Å². The zero-order chi connectivity index (χ0) is 17.4. The molecule has 3 nitrogen and oxygen atoms in total. The summed E-state index contributed by atoms with van der Waals surface area (Å²) in [5.41, 5.74) is 1.11. The lowest BCUT2D eigenvalue weighted by Crippen LogP contribution is -2.37. The quantitative estimate of drug-likeness (QED) is 0.778. The molecule has 1 saturated heterocycles. The van der Waals surface area contributed by atoms with Crippen LogP contribution >= 0.6 is 0 Å². The van der Waals surface area contributed by atoms with Crippen molar-refractivity contribution < 1.29 is 9.53 Å². The normalized spacial score (nSPS) is 24.2. The van der Waals surface area contributed by atoms with E-state index in [2.05, 4.69) is 18.7 Å². The first-order chi connectivity index (χ1) is 12.0. The Labute approximate surface area is 149 Å². The zero-order valence-corrected chi connectivity index (χ0v) is 14.9. The predicted molar refractivity (Wildman–Crippen MR) is 98.9 cm³/mol. The largest absolute Gasteiger partial charge is 0.457 e. The molecule has 25 heavy (non-hydrogen) atoms. The highest BCUT2D eigenvalue weighted by Crippen LogP contribution is 2.45. The monoisotopic (exact) mass is 335 g/mol. The zero-order valence-electron chi connectivity index (χ0n) is 14.9. The number of fused-ring (bicyclic) bond motifs is 2. The third-order valence-electron chi connectivity index (χ3n) is 5.47. The minimum atomic E-state index is 0.163. The second-order valence-corrected chi connectivity index (χ2v) is 8.23. The number of amides is 1. The van der Waals surface area contributed by atoms with E-state index in [0.29, 0.717) is 17.4 Å². The number of nitrogens with zero attached hydrogens (tertiary/aromatic N) is 1. The molecule has 4 rings (SSSR count). The predicted octanol–water partition coefficient (Wildman–Crippen LogP) is 5.13. The molecule has 1 aliphatic carbocycles. The van der Waals surface area contributed by atoms with E-state index in [4.69, 9.17) is 4.74 Å². The van der Waals surface area contributed by atoms with Crippen LogP contribution in [-0.2, 0) is 0 Å². The van der Waals surface area contributed by atoms with Crippen molar-refractivity contribution in [3.8, 4) is 11.5 Å². The second kappa shape index (κ2) is 6.21. The first-order valence-electron chi connectivity index (χ1n) is 9.14. The van der Waals surface area contributed by atoms with Crippen molar-refractivity contribution in [2.24, 2.45) is 11.3 Å². The van der Waals surface area contributed by atoms with Gasteiger partial charge in [0.1, 0.15) is 11.5 Å². The van der Waals surface area contributed by atoms with Gasteiger partial charge in [0.2, 0.25) is 0 Å². The number of hydrogen-bond acceptors (Lipinski definition) is 2. The molecule has 1 heterocycles. The number of para-hydroxylation sites is 1. The van der Waals surface area contributed by atoms with Gasteiger partial charge < -0.3 is 9.64 Å². The summed E-state index contributed by atoms with van der Waals surface area (Å²) < 4.78 is 5.81. The molecular weight excluding hydrogens is 310 g/mol. The Morgan fingerprint density at radius 2 is 1.68 bits per heavy atom. The fourth-order valence-corrected chi connectivity index (χ4v) is 4.56. The highest BCUT2D eigenvalue weighted by Gasteiger charge is 2.44. The molecular formula is C22H25NO2. The topological polar surface area (TPSA) is 29.5 Å². The van der Waals surface area contributed by atoms with Crippen LogP contribution in [-0.4, -0.2) is 23.4 Å². The average Bonchev–Trinajstić information content (AvgIpc) is 2.90. The second-order valence-electron chi connectivity index (χ2n) is 8.23. The fourth-order valence-electron chi connectivity index (χ4n) is 4.56. The van der Waals surface area contributed by atoms with E-state index in [-0.39, 0.29) is 5.91 Å². The Morgan fingerprint density at radius 3 is 2.40 bits per heavy atom. The molecule has 0 radical (unpaired) electrons. The maximum absolute atomic E-state index is 13.0. The maximum atomic E-state index is 13.0. The minimum absolute atomic E-state index is 0.163. The number of rotatable bonds is 3. The Morgan fingerprint density at radius 1 is 1.00 bits per heavy atom. The fraction of sp³-hybridized carbons (Fsp3) is 0.409. The minimum Gasteiger partial charge on any atom is -0.457 e. The Kier molecular flexibility index (Phi) is 4.03. The number of benzene rings is 2. The van der Waals surface area contributed by atoms with Gasteiger partial charge in [-0.2, -0.15) is 0 Å². The number of carbonyl (C=O) groups excluding carboxylic acids is 1. The van der Waals surface area contributed by atoms with Crippen LogP contribution in [0.1, 0.15) is 43.5 Å².